The van der Waals surface area contributed by atoms with Crippen LogP contribution >= 0.6 is 15.9 Å². The highest BCUT2D eigenvalue weighted by Gasteiger charge is 2.35. The standard InChI is InChI=1S/C38H42BrN3O4S/c1-2-29-21-23-34(24-22-29)42(47(45,46)35-19-10-5-11-20-35)28-37(43)41(27-31-15-12-16-32(39)25-31)36(26-30-13-6-3-7-14-30)38(44)40-33-17-8-4-9-18-33/h3,5-7,10-16,19-25,33,36H,2,4,8-9,17-18,26-28H2,1H3,(H,40,44). The lowest BCUT2D eigenvalue weighted by atomic mass is 9.94. The molecule has 0 heterocycles. The third kappa shape index (κ3) is 9.11. The lowest BCUT2D eigenvalue weighted by Gasteiger charge is -2.35. The number of sulfonamides is 1. The first-order valence-electron chi connectivity index (χ1n) is 16.3. The zero-order chi connectivity index (χ0) is 33.2. The maximum Gasteiger partial charge on any atom is 0.264 e. The molecule has 246 valence electrons. The first-order chi connectivity index (χ1) is 22.7. The number of benzene rings is 4. The SMILES string of the molecule is CCc1ccc(N(CC(=O)N(Cc2cccc(Br)c2)C(Cc2ccccc2)C(=O)NC2CCCCC2)S(=O)(=O)c2ccccc2)cc1. The van der Waals surface area contributed by atoms with E-state index >= 15 is 0 Å². The van der Waals surface area contributed by atoms with Gasteiger partial charge in [-0.25, -0.2) is 8.42 Å². The van der Waals surface area contributed by atoms with Gasteiger partial charge < -0.3 is 10.2 Å². The smallest absolute Gasteiger partial charge is 0.264 e. The van der Waals surface area contributed by atoms with Gasteiger partial charge in [0.15, 0.2) is 0 Å². The summed E-state index contributed by atoms with van der Waals surface area (Å²) in [6.45, 7) is 1.68. The van der Waals surface area contributed by atoms with E-state index in [-0.39, 0.29) is 29.8 Å². The summed E-state index contributed by atoms with van der Waals surface area (Å²) in [6.07, 6.45) is 6.15. The molecule has 0 spiro atoms. The van der Waals surface area contributed by atoms with Crippen molar-refractivity contribution in [3.8, 4) is 0 Å². The lowest BCUT2D eigenvalue weighted by molar-refractivity contribution is -0.140. The minimum atomic E-state index is -4.13. The molecule has 47 heavy (non-hydrogen) atoms. The maximum absolute atomic E-state index is 14.7. The average Bonchev–Trinajstić information content (AvgIpc) is 3.10. The van der Waals surface area contributed by atoms with Crippen molar-refractivity contribution >= 4 is 43.5 Å². The molecule has 5 rings (SSSR count). The normalized spacial score (nSPS) is 14.3. The maximum atomic E-state index is 14.7. The van der Waals surface area contributed by atoms with Crippen LogP contribution in [0.4, 0.5) is 5.69 Å². The number of halogens is 1. The van der Waals surface area contributed by atoms with Crippen LogP contribution in [-0.2, 0) is 39.0 Å². The fourth-order valence-electron chi connectivity index (χ4n) is 6.08. The van der Waals surface area contributed by atoms with Crippen LogP contribution in [0.1, 0.15) is 55.7 Å². The van der Waals surface area contributed by atoms with E-state index in [0.717, 1.165) is 64.0 Å². The molecule has 1 aliphatic carbocycles. The van der Waals surface area contributed by atoms with Crippen LogP contribution in [0.25, 0.3) is 0 Å². The number of carbonyl (C=O) groups is 2. The lowest BCUT2D eigenvalue weighted by Crippen LogP contribution is -2.55. The zero-order valence-electron chi connectivity index (χ0n) is 26.7. The fraction of sp³-hybridized carbons (Fsp3) is 0.316. The average molecular weight is 717 g/mol. The molecule has 0 aromatic heterocycles. The molecule has 1 aliphatic rings. The van der Waals surface area contributed by atoms with Gasteiger partial charge in [0, 0.05) is 23.5 Å². The highest BCUT2D eigenvalue weighted by molar-refractivity contribution is 9.10. The predicted octanol–water partition coefficient (Wildman–Crippen LogP) is 7.30. The highest BCUT2D eigenvalue weighted by Crippen LogP contribution is 2.26. The molecular weight excluding hydrogens is 674 g/mol. The molecule has 9 heteroatoms. The summed E-state index contributed by atoms with van der Waals surface area (Å²) < 4.78 is 30.4. The van der Waals surface area contributed by atoms with E-state index in [9.17, 15) is 18.0 Å². The van der Waals surface area contributed by atoms with E-state index in [1.807, 2.05) is 73.7 Å². The van der Waals surface area contributed by atoms with E-state index in [4.69, 9.17) is 0 Å². The van der Waals surface area contributed by atoms with Crippen molar-refractivity contribution in [3.05, 3.63) is 130 Å². The summed E-state index contributed by atoms with van der Waals surface area (Å²) in [5.74, 6) is -0.697. The number of rotatable bonds is 13. The topological polar surface area (TPSA) is 86.8 Å². The third-order valence-electron chi connectivity index (χ3n) is 8.71. The molecule has 0 saturated heterocycles. The second-order valence-corrected chi connectivity index (χ2v) is 14.8. The third-order valence-corrected chi connectivity index (χ3v) is 11.0. The number of hydrogen-bond donors (Lipinski definition) is 1. The van der Waals surface area contributed by atoms with Gasteiger partial charge in [0.25, 0.3) is 10.0 Å². The Balaban J connectivity index is 1.56. The molecule has 1 saturated carbocycles. The van der Waals surface area contributed by atoms with Crippen LogP contribution in [0.15, 0.2) is 119 Å². The van der Waals surface area contributed by atoms with E-state index < -0.39 is 28.5 Å². The van der Waals surface area contributed by atoms with Crippen LogP contribution in [-0.4, -0.2) is 43.8 Å². The number of amides is 2. The highest BCUT2D eigenvalue weighted by atomic mass is 79.9. The van der Waals surface area contributed by atoms with Crippen molar-refractivity contribution in [2.24, 2.45) is 0 Å². The Labute approximate surface area is 287 Å². The quantitative estimate of drug-likeness (QED) is 0.158. The molecule has 4 aromatic rings. The van der Waals surface area contributed by atoms with Gasteiger partial charge in [-0.2, -0.15) is 0 Å². The second kappa shape index (κ2) is 16.2. The van der Waals surface area contributed by atoms with Gasteiger partial charge in [0.1, 0.15) is 12.6 Å². The van der Waals surface area contributed by atoms with Gasteiger partial charge in [0.05, 0.1) is 10.6 Å². The summed E-state index contributed by atoms with van der Waals surface area (Å²) in [4.78, 5) is 30.5. The largest absolute Gasteiger partial charge is 0.352 e. The molecule has 1 fully saturated rings. The van der Waals surface area contributed by atoms with Gasteiger partial charge in [-0.15, -0.1) is 0 Å². The number of nitrogens with one attached hydrogen (secondary N) is 1. The van der Waals surface area contributed by atoms with Crippen molar-refractivity contribution in [1.82, 2.24) is 10.2 Å². The first kappa shape index (κ1) is 34.4. The second-order valence-electron chi connectivity index (χ2n) is 12.0. The van der Waals surface area contributed by atoms with Crippen molar-refractivity contribution in [2.45, 2.75) is 75.4 Å². The van der Waals surface area contributed by atoms with Crippen molar-refractivity contribution < 1.29 is 18.0 Å². The number of nitrogens with zero attached hydrogens (tertiary/aromatic N) is 2. The molecule has 1 unspecified atom stereocenters. The number of anilines is 1. The van der Waals surface area contributed by atoms with E-state index in [2.05, 4.69) is 21.2 Å². The molecule has 0 radical (unpaired) electrons. The zero-order valence-corrected chi connectivity index (χ0v) is 29.1. The molecule has 0 bridgehead atoms. The molecule has 1 N–H and O–H groups in total. The van der Waals surface area contributed by atoms with Gasteiger partial charge in [-0.1, -0.05) is 115 Å². The van der Waals surface area contributed by atoms with Crippen LogP contribution in [0, 0.1) is 0 Å². The minimum absolute atomic E-state index is 0.0457. The molecule has 7 nitrogen and oxygen atoms in total. The molecule has 1 atom stereocenters. The van der Waals surface area contributed by atoms with E-state index in [1.54, 1.807) is 35.2 Å². The summed E-state index contributed by atoms with van der Waals surface area (Å²) in [5, 5.41) is 3.25. The molecule has 0 aliphatic heterocycles. The molecule has 2 amide bonds. The fourth-order valence-corrected chi connectivity index (χ4v) is 7.96. The van der Waals surface area contributed by atoms with Crippen molar-refractivity contribution in [1.29, 1.82) is 0 Å². The number of aryl methyl sites for hydroxylation is 1. The van der Waals surface area contributed by atoms with Gasteiger partial charge in [-0.05, 0) is 72.4 Å². The van der Waals surface area contributed by atoms with Crippen molar-refractivity contribution in [2.75, 3.05) is 10.8 Å². The summed E-state index contributed by atoms with van der Waals surface area (Å²) in [7, 11) is -4.13. The Morgan fingerprint density at radius 1 is 0.809 bits per heavy atom. The van der Waals surface area contributed by atoms with Gasteiger partial charge in [0.2, 0.25) is 11.8 Å². The van der Waals surface area contributed by atoms with Crippen LogP contribution < -0.4 is 9.62 Å². The Morgan fingerprint density at radius 3 is 2.09 bits per heavy atom. The Morgan fingerprint density at radius 2 is 1.45 bits per heavy atom. The van der Waals surface area contributed by atoms with E-state index in [0.29, 0.717) is 5.69 Å². The minimum Gasteiger partial charge on any atom is -0.352 e. The van der Waals surface area contributed by atoms with Crippen molar-refractivity contribution in [3.63, 3.8) is 0 Å². The number of hydrogen-bond acceptors (Lipinski definition) is 4. The first-order valence-corrected chi connectivity index (χ1v) is 18.5. The Hall–Kier alpha value is -3.95. The van der Waals surface area contributed by atoms with Crippen LogP contribution in [0.5, 0.6) is 0 Å². The molecule has 4 aromatic carbocycles. The monoisotopic (exact) mass is 715 g/mol. The van der Waals surface area contributed by atoms with Gasteiger partial charge in [-0.3, -0.25) is 13.9 Å². The molecular formula is C38H42BrN3O4S. The predicted molar refractivity (Wildman–Crippen MR) is 190 cm³/mol. The van der Waals surface area contributed by atoms with E-state index in [1.165, 1.54) is 12.1 Å². The van der Waals surface area contributed by atoms with Gasteiger partial charge >= 0.3 is 0 Å². The Bertz CT molecular complexity index is 1730. The Kier molecular flexibility index (Phi) is 11.9. The summed E-state index contributed by atoms with van der Waals surface area (Å²) in [5.41, 5.74) is 3.16. The summed E-state index contributed by atoms with van der Waals surface area (Å²) >= 11 is 3.54. The number of carbonyl (C=O) groups excluding carboxylic acids is 2. The van der Waals surface area contributed by atoms with Crippen LogP contribution in [0.2, 0.25) is 0 Å². The summed E-state index contributed by atoms with van der Waals surface area (Å²) in [6, 6.07) is 31.8. The van der Waals surface area contributed by atoms with Crippen LogP contribution in [0.3, 0.4) is 0 Å².